The van der Waals surface area contributed by atoms with Crippen LogP contribution >= 0.6 is 25.3 Å². The van der Waals surface area contributed by atoms with Gasteiger partial charge >= 0.3 is 0 Å². The van der Waals surface area contributed by atoms with E-state index < -0.39 is 0 Å². The Balaban J connectivity index is 3.02. The maximum absolute atomic E-state index is 4.10. The van der Waals surface area contributed by atoms with Gasteiger partial charge in [0.2, 0.25) is 0 Å². The fourth-order valence-electron chi connectivity index (χ4n) is 0.739. The normalized spacial score (nSPS) is 10.1. The number of thiol groups is 2. The molecule has 0 radical (unpaired) electrons. The van der Waals surface area contributed by atoms with Crippen LogP contribution in [-0.2, 0) is 11.5 Å². The Morgan fingerprint density at radius 1 is 1.00 bits per heavy atom. The topological polar surface area (TPSA) is 38.7 Å². The molecule has 11 heavy (non-hydrogen) atoms. The number of hydrogen-bond donors (Lipinski definition) is 2. The Bertz CT molecular complexity index is 229. The van der Waals surface area contributed by atoms with Crippen molar-refractivity contribution in [1.29, 1.82) is 0 Å². The van der Waals surface area contributed by atoms with Gasteiger partial charge in [-0.25, -0.2) is 15.0 Å². The maximum Gasteiger partial charge on any atom is 0.142 e. The second kappa shape index (κ2) is 3.92. The van der Waals surface area contributed by atoms with Crippen molar-refractivity contribution in [3.8, 4) is 0 Å². The monoisotopic (exact) mass is 187 g/mol. The second-order valence-corrected chi connectivity index (χ2v) is 2.66. The van der Waals surface area contributed by atoms with Gasteiger partial charge in [0.15, 0.2) is 0 Å². The molecule has 0 spiro atoms. The first kappa shape index (κ1) is 8.80. The molecule has 0 aliphatic heterocycles. The summed E-state index contributed by atoms with van der Waals surface area (Å²) in [4.78, 5) is 12.2. The van der Waals surface area contributed by atoms with Crippen molar-refractivity contribution in [1.82, 2.24) is 15.0 Å². The molecule has 1 aromatic rings. The smallest absolute Gasteiger partial charge is 0.142 e. The highest BCUT2D eigenvalue weighted by molar-refractivity contribution is 7.79. The largest absolute Gasteiger partial charge is 0.217 e. The molecule has 0 atom stereocenters. The van der Waals surface area contributed by atoms with E-state index in [0.717, 1.165) is 5.82 Å². The molecule has 0 saturated heterocycles. The lowest BCUT2D eigenvalue weighted by Gasteiger charge is -1.99. The summed E-state index contributed by atoms with van der Waals surface area (Å²) in [5, 5.41) is 0. The highest BCUT2D eigenvalue weighted by Gasteiger charge is 1.99. The summed E-state index contributed by atoms with van der Waals surface area (Å²) in [6.45, 7) is 1.83. The molecule has 0 amide bonds. The van der Waals surface area contributed by atoms with Crippen LogP contribution < -0.4 is 0 Å². The van der Waals surface area contributed by atoms with Crippen LogP contribution in [0.2, 0.25) is 0 Å². The Hall–Kier alpha value is -0.290. The van der Waals surface area contributed by atoms with Crippen LogP contribution in [0.25, 0.3) is 0 Å². The van der Waals surface area contributed by atoms with Crippen LogP contribution in [0.3, 0.4) is 0 Å². The molecule has 1 aromatic heterocycles. The van der Waals surface area contributed by atoms with E-state index in [4.69, 9.17) is 0 Å². The molecule has 0 saturated carbocycles. The van der Waals surface area contributed by atoms with Crippen molar-refractivity contribution in [2.45, 2.75) is 18.4 Å². The third kappa shape index (κ3) is 2.34. The fourth-order valence-corrected chi connectivity index (χ4v) is 1.02. The molecule has 0 fully saturated rings. The fraction of sp³-hybridized carbons (Fsp3) is 0.500. The van der Waals surface area contributed by atoms with Crippen molar-refractivity contribution in [2.24, 2.45) is 0 Å². The molecule has 0 aliphatic rings. The summed E-state index contributed by atoms with van der Waals surface area (Å²) >= 11 is 8.13. The zero-order valence-corrected chi connectivity index (χ0v) is 7.94. The number of hydrogen-bond acceptors (Lipinski definition) is 5. The third-order valence-electron chi connectivity index (χ3n) is 1.12. The Labute approximate surface area is 76.5 Å². The minimum Gasteiger partial charge on any atom is -0.217 e. The van der Waals surface area contributed by atoms with Crippen molar-refractivity contribution in [3.63, 3.8) is 0 Å². The molecule has 1 heterocycles. The quantitative estimate of drug-likeness (QED) is 0.679. The van der Waals surface area contributed by atoms with E-state index in [-0.39, 0.29) is 0 Å². The van der Waals surface area contributed by atoms with Gasteiger partial charge in [-0.15, -0.1) is 0 Å². The first-order chi connectivity index (χ1) is 5.26. The first-order valence-electron chi connectivity index (χ1n) is 3.18. The van der Waals surface area contributed by atoms with Gasteiger partial charge in [0.1, 0.15) is 17.5 Å². The summed E-state index contributed by atoms with van der Waals surface area (Å²) < 4.78 is 0. The highest BCUT2D eigenvalue weighted by atomic mass is 32.1. The zero-order chi connectivity index (χ0) is 8.27. The average molecular weight is 187 g/mol. The van der Waals surface area contributed by atoms with Gasteiger partial charge in [-0.3, -0.25) is 0 Å². The summed E-state index contributed by atoms with van der Waals surface area (Å²) in [7, 11) is 0. The average Bonchev–Trinajstić information content (AvgIpc) is 2.03. The van der Waals surface area contributed by atoms with Gasteiger partial charge in [-0.2, -0.15) is 25.3 Å². The predicted octanol–water partition coefficient (Wildman–Crippen LogP) is 1.04. The van der Waals surface area contributed by atoms with Gasteiger partial charge in [-0.05, 0) is 6.92 Å². The van der Waals surface area contributed by atoms with Crippen LogP contribution in [0, 0.1) is 6.92 Å². The Kier molecular flexibility index (Phi) is 3.14. The van der Waals surface area contributed by atoms with Crippen molar-refractivity contribution in [3.05, 3.63) is 17.5 Å². The van der Waals surface area contributed by atoms with E-state index in [9.17, 15) is 0 Å². The van der Waals surface area contributed by atoms with Crippen LogP contribution in [0.5, 0.6) is 0 Å². The summed E-state index contributed by atoms with van der Waals surface area (Å²) in [6, 6.07) is 0. The highest BCUT2D eigenvalue weighted by Crippen LogP contribution is 2.00. The SMILES string of the molecule is Cc1nc(CS)nc(CS)n1. The molecule has 0 aliphatic carbocycles. The van der Waals surface area contributed by atoms with E-state index in [0.29, 0.717) is 23.2 Å². The molecule has 0 unspecified atom stereocenters. The number of nitrogens with zero attached hydrogens (tertiary/aromatic N) is 3. The first-order valence-corrected chi connectivity index (χ1v) is 4.45. The molecule has 1 rings (SSSR count). The van der Waals surface area contributed by atoms with E-state index in [2.05, 4.69) is 40.2 Å². The maximum atomic E-state index is 4.10. The van der Waals surface area contributed by atoms with Crippen molar-refractivity contribution >= 4 is 25.3 Å². The molecular weight excluding hydrogens is 178 g/mol. The second-order valence-electron chi connectivity index (χ2n) is 2.03. The number of aryl methyl sites for hydroxylation is 1. The van der Waals surface area contributed by atoms with Gasteiger partial charge in [0.25, 0.3) is 0 Å². The van der Waals surface area contributed by atoms with Crippen LogP contribution in [0.1, 0.15) is 17.5 Å². The van der Waals surface area contributed by atoms with Crippen molar-refractivity contribution in [2.75, 3.05) is 0 Å². The Morgan fingerprint density at radius 2 is 1.45 bits per heavy atom. The summed E-state index contributed by atoms with van der Waals surface area (Å²) in [5.41, 5.74) is 0. The minimum absolute atomic E-state index is 0.546. The van der Waals surface area contributed by atoms with Crippen LogP contribution in [-0.4, -0.2) is 15.0 Å². The van der Waals surface area contributed by atoms with Crippen LogP contribution in [0.15, 0.2) is 0 Å². The van der Waals surface area contributed by atoms with Gasteiger partial charge in [-0.1, -0.05) is 0 Å². The molecule has 60 valence electrons. The van der Waals surface area contributed by atoms with E-state index >= 15 is 0 Å². The van der Waals surface area contributed by atoms with Gasteiger partial charge < -0.3 is 0 Å². The number of rotatable bonds is 2. The molecule has 5 heteroatoms. The number of aromatic nitrogens is 3. The molecule has 3 nitrogen and oxygen atoms in total. The van der Waals surface area contributed by atoms with E-state index in [1.54, 1.807) is 0 Å². The third-order valence-corrected chi connectivity index (χ3v) is 1.69. The standard InChI is InChI=1S/C6H9N3S2/c1-4-7-5(2-10)9-6(3-11)8-4/h10-11H,2-3H2,1H3. The Morgan fingerprint density at radius 3 is 1.82 bits per heavy atom. The molecule has 0 N–H and O–H groups in total. The van der Waals surface area contributed by atoms with E-state index in [1.807, 2.05) is 6.92 Å². The zero-order valence-electron chi connectivity index (χ0n) is 6.15. The van der Waals surface area contributed by atoms with Gasteiger partial charge in [0.05, 0.1) is 11.5 Å². The lowest BCUT2D eigenvalue weighted by molar-refractivity contribution is 0.863. The molecule has 0 aromatic carbocycles. The lowest BCUT2D eigenvalue weighted by Crippen LogP contribution is -2.02. The molecule has 0 bridgehead atoms. The van der Waals surface area contributed by atoms with Gasteiger partial charge in [0, 0.05) is 0 Å². The molecular formula is C6H9N3S2. The summed E-state index contributed by atoms with van der Waals surface area (Å²) in [5.74, 6) is 3.25. The van der Waals surface area contributed by atoms with Crippen molar-refractivity contribution < 1.29 is 0 Å². The van der Waals surface area contributed by atoms with E-state index in [1.165, 1.54) is 0 Å². The summed E-state index contributed by atoms with van der Waals surface area (Å²) in [6.07, 6.45) is 0. The minimum atomic E-state index is 0.546. The predicted molar refractivity (Wildman–Crippen MR) is 49.9 cm³/mol. The van der Waals surface area contributed by atoms with Crippen LogP contribution in [0.4, 0.5) is 0 Å². The lowest BCUT2D eigenvalue weighted by atomic mass is 10.5.